The molecule has 56 nitrogen and oxygen atoms in total. The third-order valence-electron chi connectivity index (χ3n) is 22.5. The summed E-state index contributed by atoms with van der Waals surface area (Å²) in [6.45, 7) is -12.1. The maximum absolute atomic E-state index is 11.5. The van der Waals surface area contributed by atoms with Gasteiger partial charge in [0.25, 0.3) is 0 Å². The van der Waals surface area contributed by atoms with Gasteiger partial charge in [-0.05, 0) is 0 Å². The predicted octanol–water partition coefficient (Wildman–Crippen LogP) is -25.1. The van der Waals surface area contributed by atoms with Crippen molar-refractivity contribution in [2.45, 2.75) is 331 Å². The average molecular weight is 1800 g/mol. The van der Waals surface area contributed by atoms with E-state index in [4.69, 9.17) is 94.7 Å². The van der Waals surface area contributed by atoms with Crippen LogP contribution in [0, 0.1) is 0 Å². The predicted molar refractivity (Wildman–Crippen MR) is 364 cm³/mol. The van der Waals surface area contributed by atoms with Gasteiger partial charge in [-0.15, -0.1) is 0 Å². The lowest BCUT2D eigenvalue weighted by Gasteiger charge is -2.50. The summed E-state index contributed by atoms with van der Waals surface area (Å²) >= 11 is 0. The van der Waals surface area contributed by atoms with E-state index < -0.39 is 404 Å². The largest absolute Gasteiger partial charge is 0.394 e. The number of rotatable bonds is 35. The molecule has 0 aromatic rings. The van der Waals surface area contributed by atoms with E-state index in [1.807, 2.05) is 0 Å². The molecule has 712 valence electrons. The van der Waals surface area contributed by atoms with Crippen molar-refractivity contribution in [1.29, 1.82) is 0 Å². The molecule has 10 fully saturated rings. The maximum Gasteiger partial charge on any atom is 0.187 e. The summed E-state index contributed by atoms with van der Waals surface area (Å²) in [5.74, 6) is 0. The van der Waals surface area contributed by atoms with Gasteiger partial charge < -0.3 is 278 Å². The highest BCUT2D eigenvalue weighted by atomic mass is 16.8. The fourth-order valence-corrected chi connectivity index (χ4v) is 15.5. The SMILES string of the molecule is O=C[C@H](O)[C@@H](O)[C@H](O[C@H]1O[C@H](CO)[C@@H](O[C@H]2O[C@H](CO)[C@@H](O[C@H]3O[C@H](CO)[C@@H](O[C@H]4O[C@H](CO)[C@@H](O[C@H]5O[C@H](CO)[C@@H](O[C@H]6O[C@H](CO)[C@@H](O[C@H]7O[C@H](CO)[C@@H](O[C@H]8O[C@H](CO)[C@@H](O[C@H]9O[C@H](CO)[C@@H](O[C@H]%10O[C@H](CO)[C@@H](O)[C@H](O)[C@H]%10O)[C@H](O)[C@H]9O)[C@H](O)[C@H]8O)[C@H](O)[C@H]7O)[C@H](O)[C@H]6O)[C@H](O)[C@H]5O)[C@H](O)[C@H]4O)[C@H](O)[C@H]3O)[C@H](O)[C@H]2O)[C@H](O)[C@H]1O)[C@H](O)CO. The van der Waals surface area contributed by atoms with Gasteiger partial charge in [0.15, 0.2) is 69.2 Å². The van der Waals surface area contributed by atoms with Crippen LogP contribution in [0.1, 0.15) is 0 Å². The molecular formula is C66H112O56. The molecule has 10 rings (SSSR count). The molecule has 10 aliphatic rings. The number of aliphatic hydroxyl groups is 35. The summed E-state index contributed by atoms with van der Waals surface area (Å²) in [7, 11) is 0. The standard InChI is InChI=1S/C66H112O56/c67-1-13(79)25(81)47(14(80)2-68)113-58-38(94)28(84)49(16(4-70)104-58)115-60-40(96)30(86)51(18(6-72)106-60)117-62-42(98)32(88)53(20(8-74)108-62)119-64-44(100)34(90)55(22(10-76)110-64)121-66-46(102)36(92)56(24(12-78)112-66)122-65-45(101)35(91)54(23(11-77)111-65)120-63-43(99)33(89)52(21(9-75)109-63)118-61-41(97)31(87)50(19(7-73)107-61)116-59-39(95)29(85)48(17(5-71)105-59)114-57-37(93)27(83)26(82)15(3-69)103-57/h1,13-66,68-102H,2-12H2/t13-,14+,15+,16+,17+,18+,19+,20+,21+,22+,23+,24+,25+,26+,27-,28+,29+,30+,31+,32+,33+,34+,35+,36+,37+,38+,39+,40+,41+,42+,43+,44+,45+,46+,47+,48+,49+,50+,51+,52+,53+,54+,55+,56+,57+,58+,59+,60+,61+,62+,63+,64+,65+,66+/m0/s1. The Morgan fingerprint density at radius 2 is 0.369 bits per heavy atom. The van der Waals surface area contributed by atoms with Crippen LogP contribution in [0.15, 0.2) is 0 Å². The lowest BCUT2D eigenvalue weighted by Crippen LogP contribution is -2.68. The molecule has 0 aromatic carbocycles. The summed E-state index contributed by atoms with van der Waals surface area (Å²) in [4.78, 5) is 11.1. The first-order valence-corrected chi connectivity index (χ1v) is 38.5. The molecule has 0 unspecified atom stereocenters. The Balaban J connectivity index is 0.700. The van der Waals surface area contributed by atoms with Crippen LogP contribution in [-0.2, 0) is 99.5 Å². The molecule has 0 aromatic heterocycles. The molecule has 0 aliphatic carbocycles. The molecule has 56 heteroatoms. The Hall–Kier alpha value is -2.53. The van der Waals surface area contributed by atoms with Crippen molar-refractivity contribution in [2.24, 2.45) is 0 Å². The van der Waals surface area contributed by atoms with Crippen LogP contribution in [0.5, 0.6) is 0 Å². The van der Waals surface area contributed by atoms with Gasteiger partial charge in [0.2, 0.25) is 0 Å². The van der Waals surface area contributed by atoms with Crippen molar-refractivity contribution in [3.8, 4) is 0 Å². The Morgan fingerprint density at radius 1 is 0.213 bits per heavy atom. The first kappa shape index (κ1) is 102. The molecule has 0 saturated carbocycles. The molecule has 35 N–H and O–H groups in total. The zero-order valence-electron chi connectivity index (χ0n) is 63.8. The quantitative estimate of drug-likeness (QED) is 0.0262. The summed E-state index contributed by atoms with van der Waals surface area (Å²) in [6, 6.07) is 0. The topological polar surface area (TPSA) is 910 Å². The number of carbonyl (C=O) groups is 1. The smallest absolute Gasteiger partial charge is 0.187 e. The summed E-state index contributed by atoms with van der Waals surface area (Å²) < 4.78 is 112. The molecule has 0 spiro atoms. The number of hydrogen-bond donors (Lipinski definition) is 35. The second-order valence-corrected chi connectivity index (χ2v) is 30.4. The normalized spacial score (nSPS) is 51.0. The van der Waals surface area contributed by atoms with Crippen LogP contribution in [0.4, 0.5) is 0 Å². The molecule has 0 radical (unpaired) electrons. The van der Waals surface area contributed by atoms with Crippen molar-refractivity contribution in [2.75, 3.05) is 72.7 Å². The van der Waals surface area contributed by atoms with Gasteiger partial charge in [-0.25, -0.2) is 0 Å². The first-order chi connectivity index (χ1) is 57.9. The van der Waals surface area contributed by atoms with E-state index in [0.717, 1.165) is 0 Å². The minimum absolute atomic E-state index is 0.153. The van der Waals surface area contributed by atoms with Gasteiger partial charge in [-0.3, -0.25) is 0 Å². The van der Waals surface area contributed by atoms with Crippen LogP contribution < -0.4 is 0 Å². The zero-order valence-corrected chi connectivity index (χ0v) is 63.8. The Kier molecular flexibility index (Phi) is 37.1. The van der Waals surface area contributed by atoms with Crippen molar-refractivity contribution in [3.05, 3.63) is 0 Å². The number of aliphatic hydroxyl groups excluding tert-OH is 35. The molecule has 0 amide bonds. The van der Waals surface area contributed by atoms with E-state index in [2.05, 4.69) is 0 Å². The Bertz CT molecular complexity index is 3060. The van der Waals surface area contributed by atoms with Gasteiger partial charge >= 0.3 is 0 Å². The van der Waals surface area contributed by atoms with Gasteiger partial charge in [-0.2, -0.15) is 0 Å². The number of aldehydes is 1. The van der Waals surface area contributed by atoms with Crippen molar-refractivity contribution >= 4 is 6.29 Å². The second kappa shape index (κ2) is 44.6. The number of carbonyl (C=O) groups excluding carboxylic acids is 1. The summed E-state index contributed by atoms with van der Waals surface area (Å²) in [6.07, 6.45) is -112. The van der Waals surface area contributed by atoms with Crippen LogP contribution in [0.3, 0.4) is 0 Å². The third kappa shape index (κ3) is 21.3. The summed E-state index contributed by atoms with van der Waals surface area (Å²) in [5, 5.41) is 378. The minimum atomic E-state index is -2.35. The molecule has 10 saturated heterocycles. The number of ether oxygens (including phenoxy) is 20. The van der Waals surface area contributed by atoms with Gasteiger partial charge in [0.1, 0.15) is 269 Å². The highest BCUT2D eigenvalue weighted by Crippen LogP contribution is 2.41. The number of hydrogen-bond acceptors (Lipinski definition) is 56. The second-order valence-electron chi connectivity index (χ2n) is 30.4. The third-order valence-corrected chi connectivity index (χ3v) is 22.5. The Morgan fingerprint density at radius 3 is 0.533 bits per heavy atom. The van der Waals surface area contributed by atoms with Crippen molar-refractivity contribution < 1.29 is 278 Å². The zero-order chi connectivity index (χ0) is 89.8. The molecule has 122 heavy (non-hydrogen) atoms. The van der Waals surface area contributed by atoms with Crippen LogP contribution >= 0.6 is 0 Å². The molecular weight excluding hydrogens is 1690 g/mol. The average Bonchev–Trinajstić information content (AvgIpc) is 0.768. The fourth-order valence-electron chi connectivity index (χ4n) is 15.5. The molecule has 0 bridgehead atoms. The lowest BCUT2D eigenvalue weighted by atomic mass is 9.95. The van der Waals surface area contributed by atoms with Gasteiger partial charge in [0, 0.05) is 0 Å². The van der Waals surface area contributed by atoms with Gasteiger partial charge in [0.05, 0.1) is 72.7 Å². The highest BCUT2D eigenvalue weighted by molar-refractivity contribution is 5.56. The van der Waals surface area contributed by atoms with E-state index in [1.54, 1.807) is 0 Å². The van der Waals surface area contributed by atoms with E-state index in [0.29, 0.717) is 0 Å². The van der Waals surface area contributed by atoms with E-state index in [-0.39, 0.29) is 6.29 Å². The highest BCUT2D eigenvalue weighted by Gasteiger charge is 2.62. The van der Waals surface area contributed by atoms with Crippen molar-refractivity contribution in [3.63, 3.8) is 0 Å². The van der Waals surface area contributed by atoms with Crippen LogP contribution in [0.25, 0.3) is 0 Å². The van der Waals surface area contributed by atoms with Crippen LogP contribution in [-0.4, -0.2) is 589 Å². The van der Waals surface area contributed by atoms with Gasteiger partial charge in [-0.1, -0.05) is 0 Å². The maximum atomic E-state index is 11.5. The fraction of sp³-hybridized carbons (Fsp3) is 0.985. The Labute approximate surface area is 687 Å². The minimum Gasteiger partial charge on any atom is -0.394 e. The first-order valence-electron chi connectivity index (χ1n) is 38.5. The summed E-state index contributed by atoms with van der Waals surface area (Å²) in [5.41, 5.74) is 0. The molecule has 10 heterocycles. The van der Waals surface area contributed by atoms with Crippen molar-refractivity contribution in [1.82, 2.24) is 0 Å². The van der Waals surface area contributed by atoms with Crippen LogP contribution in [0.2, 0.25) is 0 Å². The molecule has 54 atom stereocenters. The lowest BCUT2D eigenvalue weighted by molar-refractivity contribution is -0.401. The molecule has 10 aliphatic heterocycles. The van der Waals surface area contributed by atoms with E-state index >= 15 is 0 Å². The van der Waals surface area contributed by atoms with E-state index in [9.17, 15) is 184 Å². The monoisotopic (exact) mass is 1800 g/mol. The van der Waals surface area contributed by atoms with E-state index in [1.165, 1.54) is 0 Å².